The lowest BCUT2D eigenvalue weighted by Gasteiger charge is -2.27. The number of carbonyl (C=O) groups excluding carboxylic acids is 1. The molecule has 32 heavy (non-hydrogen) atoms. The second-order valence-electron chi connectivity index (χ2n) is 8.99. The van der Waals surface area contributed by atoms with Gasteiger partial charge in [-0.15, -0.1) is 0 Å². The Bertz CT molecular complexity index is 841. The standard InChI is InChI=1S/C28H34O2P.BrH/c1-28(2,3)27(29)30-22-14-7-15-23-31(24-16-8-4-9-17-24,25-18-10-5-11-19-25)26-20-12-6-13-21-26;/h4-6,8-13,16-21H,7,14-15,22-23H2,1-3H3;1H/q+1;/p-1. The molecule has 0 spiro atoms. The first-order chi connectivity index (χ1) is 14.9. The number of rotatable bonds is 9. The van der Waals surface area contributed by atoms with E-state index >= 15 is 0 Å². The molecule has 0 radical (unpaired) electrons. The van der Waals surface area contributed by atoms with Gasteiger partial charge >= 0.3 is 5.97 Å². The molecule has 0 unspecified atom stereocenters. The third kappa shape index (κ3) is 6.53. The lowest BCUT2D eigenvalue weighted by molar-refractivity contribution is -0.153. The van der Waals surface area contributed by atoms with Crippen LogP contribution in [0, 0.1) is 5.41 Å². The molecular formula is C28H34BrO2P. The van der Waals surface area contributed by atoms with E-state index in [1.807, 2.05) is 20.8 Å². The molecule has 3 aromatic rings. The molecular weight excluding hydrogens is 479 g/mol. The zero-order valence-corrected chi connectivity index (χ0v) is 21.8. The molecule has 2 nitrogen and oxygen atoms in total. The van der Waals surface area contributed by atoms with Gasteiger partial charge in [0.05, 0.1) is 18.2 Å². The summed E-state index contributed by atoms with van der Waals surface area (Å²) in [4.78, 5) is 12.0. The largest absolute Gasteiger partial charge is 1.00 e. The Morgan fingerprint density at radius 1 is 0.688 bits per heavy atom. The molecule has 0 atom stereocenters. The van der Waals surface area contributed by atoms with E-state index in [0.29, 0.717) is 6.61 Å². The van der Waals surface area contributed by atoms with Gasteiger partial charge in [0.25, 0.3) is 0 Å². The Kier molecular flexibility index (Phi) is 10.1. The average molecular weight is 513 g/mol. The van der Waals surface area contributed by atoms with Crippen LogP contribution in [0.4, 0.5) is 0 Å². The lowest BCUT2D eigenvalue weighted by atomic mass is 9.97. The minimum absolute atomic E-state index is 0. The number of hydrogen-bond acceptors (Lipinski definition) is 2. The first-order valence-electron chi connectivity index (χ1n) is 11.2. The van der Waals surface area contributed by atoms with Crippen molar-refractivity contribution in [2.24, 2.45) is 5.41 Å². The predicted octanol–water partition coefficient (Wildman–Crippen LogP) is 2.74. The SMILES string of the molecule is CC(C)(C)C(=O)OCCCCC[P+](c1ccccc1)(c1ccccc1)c1ccccc1.[Br-]. The molecule has 0 saturated carbocycles. The van der Waals surface area contributed by atoms with Gasteiger partial charge in [-0.05, 0) is 76.4 Å². The van der Waals surface area contributed by atoms with Crippen LogP contribution in [0.5, 0.6) is 0 Å². The monoisotopic (exact) mass is 512 g/mol. The van der Waals surface area contributed by atoms with Crippen LogP contribution in [-0.2, 0) is 9.53 Å². The highest BCUT2D eigenvalue weighted by molar-refractivity contribution is 7.95. The Hall–Kier alpha value is -1.96. The molecule has 4 heteroatoms. The van der Waals surface area contributed by atoms with Crippen LogP contribution in [0.2, 0.25) is 0 Å². The Labute approximate surface area is 204 Å². The van der Waals surface area contributed by atoms with Gasteiger partial charge in [-0.1, -0.05) is 54.6 Å². The van der Waals surface area contributed by atoms with Crippen molar-refractivity contribution in [2.75, 3.05) is 12.8 Å². The summed E-state index contributed by atoms with van der Waals surface area (Å²) < 4.78 is 5.46. The van der Waals surface area contributed by atoms with Crippen LogP contribution in [0.3, 0.4) is 0 Å². The van der Waals surface area contributed by atoms with Gasteiger partial charge in [0.1, 0.15) is 23.2 Å². The van der Waals surface area contributed by atoms with Gasteiger partial charge in [-0.3, -0.25) is 4.79 Å². The zero-order chi connectivity index (χ0) is 22.2. The second kappa shape index (κ2) is 12.3. The van der Waals surface area contributed by atoms with Crippen LogP contribution in [-0.4, -0.2) is 18.7 Å². The third-order valence-corrected chi connectivity index (χ3v) is 10.1. The summed E-state index contributed by atoms with van der Waals surface area (Å²) in [6.45, 7) is 6.19. The minimum atomic E-state index is -1.76. The van der Waals surface area contributed by atoms with Crippen molar-refractivity contribution in [3.8, 4) is 0 Å². The van der Waals surface area contributed by atoms with E-state index in [9.17, 15) is 4.79 Å². The van der Waals surface area contributed by atoms with Crippen LogP contribution >= 0.6 is 7.26 Å². The molecule has 0 aliphatic carbocycles. The average Bonchev–Trinajstić information content (AvgIpc) is 2.80. The van der Waals surface area contributed by atoms with E-state index in [0.717, 1.165) is 25.4 Å². The van der Waals surface area contributed by atoms with Gasteiger partial charge in [0.15, 0.2) is 0 Å². The van der Waals surface area contributed by atoms with E-state index in [2.05, 4.69) is 91.0 Å². The number of carbonyl (C=O) groups is 1. The van der Waals surface area contributed by atoms with Gasteiger partial charge in [-0.25, -0.2) is 0 Å². The molecule has 3 aromatic carbocycles. The summed E-state index contributed by atoms with van der Waals surface area (Å²) in [5, 5.41) is 4.27. The van der Waals surface area contributed by atoms with Gasteiger partial charge in [-0.2, -0.15) is 0 Å². The van der Waals surface area contributed by atoms with Gasteiger partial charge < -0.3 is 21.7 Å². The fourth-order valence-electron chi connectivity index (χ4n) is 3.89. The van der Waals surface area contributed by atoms with Gasteiger partial charge in [0, 0.05) is 0 Å². The van der Waals surface area contributed by atoms with E-state index in [1.165, 1.54) is 15.9 Å². The number of esters is 1. The maximum Gasteiger partial charge on any atom is 0.311 e. The van der Waals surface area contributed by atoms with Gasteiger partial charge in [0.2, 0.25) is 0 Å². The van der Waals surface area contributed by atoms with Crippen LogP contribution in [0.1, 0.15) is 40.0 Å². The summed E-state index contributed by atoms with van der Waals surface area (Å²) in [7, 11) is -1.76. The lowest BCUT2D eigenvalue weighted by Crippen LogP contribution is -3.00. The molecule has 0 aromatic heterocycles. The molecule has 170 valence electrons. The molecule has 0 bridgehead atoms. The van der Waals surface area contributed by atoms with E-state index in [1.54, 1.807) is 0 Å². The highest BCUT2D eigenvalue weighted by Crippen LogP contribution is 2.55. The van der Waals surface area contributed by atoms with Crippen molar-refractivity contribution in [2.45, 2.75) is 40.0 Å². The molecule has 0 saturated heterocycles. The molecule has 3 rings (SSSR count). The molecule has 0 heterocycles. The summed E-state index contributed by atoms with van der Waals surface area (Å²) in [5.74, 6) is -0.118. The first kappa shape index (κ1) is 26.3. The number of unbranched alkanes of at least 4 members (excludes halogenated alkanes) is 2. The minimum Gasteiger partial charge on any atom is -1.00 e. The second-order valence-corrected chi connectivity index (χ2v) is 12.6. The highest BCUT2D eigenvalue weighted by atomic mass is 79.9. The Balaban J connectivity index is 0.00000363. The molecule has 0 N–H and O–H groups in total. The fourth-order valence-corrected chi connectivity index (χ4v) is 8.30. The van der Waals surface area contributed by atoms with Crippen molar-refractivity contribution < 1.29 is 26.5 Å². The predicted molar refractivity (Wildman–Crippen MR) is 134 cm³/mol. The van der Waals surface area contributed by atoms with Crippen molar-refractivity contribution in [3.05, 3.63) is 91.0 Å². The van der Waals surface area contributed by atoms with Crippen molar-refractivity contribution in [1.82, 2.24) is 0 Å². The maximum atomic E-state index is 12.0. The van der Waals surface area contributed by atoms with E-state index in [-0.39, 0.29) is 23.0 Å². The van der Waals surface area contributed by atoms with Crippen molar-refractivity contribution in [1.29, 1.82) is 0 Å². The molecule has 0 aliphatic heterocycles. The van der Waals surface area contributed by atoms with Crippen molar-refractivity contribution in [3.63, 3.8) is 0 Å². The summed E-state index contributed by atoms with van der Waals surface area (Å²) in [5.41, 5.74) is -0.436. The Morgan fingerprint density at radius 3 is 1.47 bits per heavy atom. The number of ether oxygens (including phenoxy) is 1. The summed E-state index contributed by atoms with van der Waals surface area (Å²) >= 11 is 0. The topological polar surface area (TPSA) is 26.3 Å². The number of hydrogen-bond donors (Lipinski definition) is 0. The fraction of sp³-hybridized carbons (Fsp3) is 0.321. The Morgan fingerprint density at radius 2 is 1.09 bits per heavy atom. The highest BCUT2D eigenvalue weighted by Gasteiger charge is 2.44. The van der Waals surface area contributed by atoms with Crippen LogP contribution in [0.15, 0.2) is 91.0 Å². The van der Waals surface area contributed by atoms with Crippen LogP contribution < -0.4 is 32.9 Å². The van der Waals surface area contributed by atoms with Crippen molar-refractivity contribution >= 4 is 29.1 Å². The third-order valence-electron chi connectivity index (χ3n) is 5.57. The summed E-state index contributed by atoms with van der Waals surface area (Å²) in [6, 6.07) is 33.0. The van der Waals surface area contributed by atoms with E-state index in [4.69, 9.17) is 4.74 Å². The number of benzene rings is 3. The van der Waals surface area contributed by atoms with E-state index < -0.39 is 12.7 Å². The zero-order valence-electron chi connectivity index (χ0n) is 19.3. The first-order valence-corrected chi connectivity index (χ1v) is 13.1. The smallest absolute Gasteiger partial charge is 0.311 e. The van der Waals surface area contributed by atoms with Crippen LogP contribution in [0.25, 0.3) is 0 Å². The normalized spacial score (nSPS) is 11.5. The molecule has 0 fully saturated rings. The number of halogens is 1. The summed E-state index contributed by atoms with van der Waals surface area (Å²) in [6.07, 6.45) is 4.16. The molecule has 0 aliphatic rings. The maximum absolute atomic E-state index is 12.0. The molecule has 0 amide bonds. The quantitative estimate of drug-likeness (QED) is 0.250.